The molecule has 1 aliphatic heterocycles. The molecule has 5 heteroatoms. The third kappa shape index (κ3) is 2.73. The van der Waals surface area contributed by atoms with Crippen molar-refractivity contribution >= 4 is 34.2 Å². The van der Waals surface area contributed by atoms with Gasteiger partial charge in [-0.2, -0.15) is 0 Å². The number of hydrogen-bond donors (Lipinski definition) is 0. The number of hydrogen-bond acceptors (Lipinski definition) is 2. The van der Waals surface area contributed by atoms with Crippen LogP contribution in [0.5, 0.6) is 0 Å². The summed E-state index contributed by atoms with van der Waals surface area (Å²) in [6, 6.07) is 5.85. The van der Waals surface area contributed by atoms with Crippen LogP contribution in [0.2, 0.25) is 5.02 Å². The van der Waals surface area contributed by atoms with Gasteiger partial charge in [0, 0.05) is 18.1 Å². The molecule has 0 saturated carbocycles. The molecule has 0 aliphatic carbocycles. The van der Waals surface area contributed by atoms with Gasteiger partial charge in [0.1, 0.15) is 5.82 Å². The van der Waals surface area contributed by atoms with E-state index in [1.165, 1.54) is 25.9 Å². The molecule has 19 heavy (non-hydrogen) atoms. The molecule has 1 aromatic carbocycles. The van der Waals surface area contributed by atoms with E-state index in [1.54, 1.807) is 0 Å². The Hall–Kier alpha value is -0.770. The van der Waals surface area contributed by atoms with Crippen molar-refractivity contribution in [1.29, 1.82) is 0 Å². The third-order valence-electron chi connectivity index (χ3n) is 3.75. The molecule has 1 aliphatic rings. The molecule has 0 atom stereocenters. The lowest BCUT2D eigenvalue weighted by Crippen LogP contribution is -2.24. The normalized spacial score (nSPS) is 16.5. The van der Waals surface area contributed by atoms with Crippen LogP contribution in [0.25, 0.3) is 11.0 Å². The molecule has 2 heterocycles. The Morgan fingerprint density at radius 2 is 1.95 bits per heavy atom. The predicted molar refractivity (Wildman–Crippen MR) is 80.0 cm³/mol. The molecule has 0 spiro atoms. The highest BCUT2D eigenvalue weighted by atomic mass is 35.5. The second-order valence-corrected chi connectivity index (χ2v) is 5.70. The summed E-state index contributed by atoms with van der Waals surface area (Å²) in [5.41, 5.74) is 2.06. The minimum Gasteiger partial charge on any atom is -0.326 e. The van der Waals surface area contributed by atoms with Crippen molar-refractivity contribution in [3.8, 4) is 0 Å². The Labute approximate surface area is 123 Å². The fraction of sp³-hybridized carbons (Fsp3) is 0.500. The van der Waals surface area contributed by atoms with Crippen molar-refractivity contribution in [3.05, 3.63) is 29.0 Å². The lowest BCUT2D eigenvalue weighted by molar-refractivity contribution is 0.323. The molecular formula is C14H17Cl2N3. The maximum Gasteiger partial charge on any atom is 0.124 e. The molecule has 3 nitrogen and oxygen atoms in total. The Morgan fingerprint density at radius 1 is 1.16 bits per heavy atom. The summed E-state index contributed by atoms with van der Waals surface area (Å²) in [6.07, 6.45) is 2.64. The third-order valence-corrected chi connectivity index (χ3v) is 4.22. The smallest absolute Gasteiger partial charge is 0.124 e. The Balaban J connectivity index is 1.87. The van der Waals surface area contributed by atoms with E-state index in [0.717, 1.165) is 35.0 Å². The monoisotopic (exact) mass is 297 g/mol. The fourth-order valence-electron chi connectivity index (χ4n) is 2.75. The number of rotatable bonds is 4. The zero-order chi connectivity index (χ0) is 13.2. The van der Waals surface area contributed by atoms with E-state index >= 15 is 0 Å². The van der Waals surface area contributed by atoms with E-state index in [-0.39, 0.29) is 0 Å². The minimum absolute atomic E-state index is 0.437. The number of likely N-dealkylation sites (tertiary alicyclic amines) is 1. The maximum absolute atomic E-state index is 6.01. The maximum atomic E-state index is 6.01. The highest BCUT2D eigenvalue weighted by molar-refractivity contribution is 6.31. The van der Waals surface area contributed by atoms with Gasteiger partial charge >= 0.3 is 0 Å². The number of benzene rings is 1. The first-order chi connectivity index (χ1) is 9.28. The molecule has 1 saturated heterocycles. The summed E-state index contributed by atoms with van der Waals surface area (Å²) >= 11 is 12.0. The molecule has 1 aromatic heterocycles. The first-order valence-electron chi connectivity index (χ1n) is 6.71. The molecule has 0 N–H and O–H groups in total. The number of alkyl halides is 1. The van der Waals surface area contributed by atoms with E-state index in [4.69, 9.17) is 23.2 Å². The summed E-state index contributed by atoms with van der Waals surface area (Å²) in [5, 5.41) is 0.720. The average Bonchev–Trinajstić information content (AvgIpc) is 3.02. The molecule has 0 bridgehead atoms. The molecular weight excluding hydrogens is 281 g/mol. The summed E-state index contributed by atoms with van der Waals surface area (Å²) in [4.78, 5) is 7.07. The van der Waals surface area contributed by atoms with Crippen LogP contribution in [0.15, 0.2) is 18.2 Å². The molecule has 102 valence electrons. The van der Waals surface area contributed by atoms with Gasteiger partial charge in [-0.1, -0.05) is 11.6 Å². The van der Waals surface area contributed by atoms with Crippen molar-refractivity contribution in [2.75, 3.05) is 19.6 Å². The van der Waals surface area contributed by atoms with E-state index in [2.05, 4.69) is 14.5 Å². The van der Waals surface area contributed by atoms with Gasteiger partial charge in [0.05, 0.1) is 16.9 Å². The van der Waals surface area contributed by atoms with Crippen LogP contribution >= 0.6 is 23.2 Å². The lowest BCUT2D eigenvalue weighted by Gasteiger charge is -2.16. The van der Waals surface area contributed by atoms with Gasteiger partial charge < -0.3 is 9.47 Å². The van der Waals surface area contributed by atoms with Gasteiger partial charge in [0.25, 0.3) is 0 Å². The van der Waals surface area contributed by atoms with Gasteiger partial charge in [0.2, 0.25) is 0 Å². The second kappa shape index (κ2) is 5.70. The van der Waals surface area contributed by atoms with Crippen LogP contribution < -0.4 is 0 Å². The summed E-state index contributed by atoms with van der Waals surface area (Å²) in [6.45, 7) is 4.45. The molecule has 1 fully saturated rings. The first-order valence-corrected chi connectivity index (χ1v) is 7.62. The molecule has 0 radical (unpaired) electrons. The molecule has 0 amide bonds. The average molecular weight is 298 g/mol. The van der Waals surface area contributed by atoms with Gasteiger partial charge in [0.15, 0.2) is 0 Å². The number of halogens is 2. The van der Waals surface area contributed by atoms with Crippen LogP contribution in [-0.2, 0) is 12.4 Å². The van der Waals surface area contributed by atoms with Crippen molar-refractivity contribution < 1.29 is 0 Å². The summed E-state index contributed by atoms with van der Waals surface area (Å²) < 4.78 is 2.22. The number of nitrogens with zero attached hydrogens (tertiary/aromatic N) is 3. The highest BCUT2D eigenvalue weighted by Gasteiger charge is 2.14. The molecule has 2 aromatic rings. The van der Waals surface area contributed by atoms with Crippen LogP contribution in [0.1, 0.15) is 18.7 Å². The van der Waals surface area contributed by atoms with Gasteiger partial charge in [-0.15, -0.1) is 11.6 Å². The summed E-state index contributed by atoms with van der Waals surface area (Å²) in [5.74, 6) is 1.37. The van der Waals surface area contributed by atoms with Gasteiger partial charge in [-0.25, -0.2) is 4.98 Å². The predicted octanol–water partition coefficient (Wildman–Crippen LogP) is 3.52. The van der Waals surface area contributed by atoms with E-state index in [0.29, 0.717) is 5.88 Å². The van der Waals surface area contributed by atoms with E-state index < -0.39 is 0 Å². The topological polar surface area (TPSA) is 21.1 Å². The Morgan fingerprint density at radius 3 is 2.68 bits per heavy atom. The number of aromatic nitrogens is 2. The zero-order valence-electron chi connectivity index (χ0n) is 10.8. The van der Waals surface area contributed by atoms with Crippen molar-refractivity contribution in [3.63, 3.8) is 0 Å². The number of imidazole rings is 1. The quantitative estimate of drug-likeness (QED) is 0.805. The van der Waals surface area contributed by atoms with Crippen LogP contribution in [0.4, 0.5) is 0 Å². The minimum atomic E-state index is 0.437. The standard InChI is InChI=1S/C14H17Cl2N3/c15-10-14-17-12-9-11(16)3-4-13(12)19(14)8-7-18-5-1-2-6-18/h3-4,9H,1-2,5-8,10H2. The summed E-state index contributed by atoms with van der Waals surface area (Å²) in [7, 11) is 0. The van der Waals surface area contributed by atoms with Gasteiger partial charge in [-0.3, -0.25) is 0 Å². The first kappa shape index (κ1) is 13.2. The van der Waals surface area contributed by atoms with E-state index in [1.807, 2.05) is 18.2 Å². The Bertz CT molecular complexity index is 573. The van der Waals surface area contributed by atoms with Crippen LogP contribution in [0, 0.1) is 0 Å². The molecule has 0 unspecified atom stereocenters. The number of fused-ring (bicyclic) bond motifs is 1. The van der Waals surface area contributed by atoms with Crippen molar-refractivity contribution in [2.45, 2.75) is 25.3 Å². The second-order valence-electron chi connectivity index (χ2n) is 5.00. The zero-order valence-corrected chi connectivity index (χ0v) is 12.3. The van der Waals surface area contributed by atoms with Crippen LogP contribution in [0.3, 0.4) is 0 Å². The largest absolute Gasteiger partial charge is 0.326 e. The highest BCUT2D eigenvalue weighted by Crippen LogP contribution is 2.21. The molecule has 3 rings (SSSR count). The lowest BCUT2D eigenvalue weighted by atomic mass is 10.3. The SMILES string of the molecule is ClCc1nc2cc(Cl)ccc2n1CCN1CCCC1. The fourth-order valence-corrected chi connectivity index (χ4v) is 3.12. The van der Waals surface area contributed by atoms with E-state index in [9.17, 15) is 0 Å². The van der Waals surface area contributed by atoms with Gasteiger partial charge in [-0.05, 0) is 44.1 Å². The Kier molecular flexibility index (Phi) is 3.96. The van der Waals surface area contributed by atoms with Crippen molar-refractivity contribution in [1.82, 2.24) is 14.5 Å². The van der Waals surface area contributed by atoms with Crippen molar-refractivity contribution in [2.24, 2.45) is 0 Å². The van der Waals surface area contributed by atoms with Crippen LogP contribution in [-0.4, -0.2) is 34.1 Å².